The standard InChI is InChI=1S/C10H9BrF2O/c11-7-3-1-6(2-4-7)9-8(5-14)10(9,12)13/h1-4,8-9,14H,5H2/t8-,9-/m0/s1. The van der Waals surface area contributed by atoms with E-state index in [1.54, 1.807) is 24.3 Å². The molecule has 1 aromatic carbocycles. The van der Waals surface area contributed by atoms with Crippen LogP contribution in [0.15, 0.2) is 28.7 Å². The van der Waals surface area contributed by atoms with Crippen LogP contribution in [0.25, 0.3) is 0 Å². The van der Waals surface area contributed by atoms with Gasteiger partial charge >= 0.3 is 0 Å². The number of rotatable bonds is 2. The molecule has 14 heavy (non-hydrogen) atoms. The summed E-state index contributed by atoms with van der Waals surface area (Å²) in [5, 5.41) is 8.74. The zero-order valence-corrected chi connectivity index (χ0v) is 8.84. The number of aliphatic hydroxyl groups is 1. The lowest BCUT2D eigenvalue weighted by Gasteiger charge is -1.98. The second-order valence-corrected chi connectivity index (χ2v) is 4.41. The summed E-state index contributed by atoms with van der Waals surface area (Å²) < 4.78 is 27.0. The van der Waals surface area contributed by atoms with Crippen molar-refractivity contribution in [2.24, 2.45) is 5.92 Å². The highest BCUT2D eigenvalue weighted by Gasteiger charge is 2.68. The molecule has 2 atom stereocenters. The molecule has 0 saturated heterocycles. The minimum atomic E-state index is -2.73. The summed E-state index contributed by atoms with van der Waals surface area (Å²) >= 11 is 3.24. The summed E-state index contributed by atoms with van der Waals surface area (Å²) in [6, 6.07) is 6.80. The molecule has 0 aliphatic heterocycles. The zero-order valence-electron chi connectivity index (χ0n) is 7.25. The fourth-order valence-electron chi connectivity index (χ4n) is 1.74. The van der Waals surface area contributed by atoms with Gasteiger partial charge in [-0.2, -0.15) is 0 Å². The Bertz CT molecular complexity index is 336. The smallest absolute Gasteiger partial charge is 0.261 e. The van der Waals surface area contributed by atoms with Crippen LogP contribution >= 0.6 is 15.9 Å². The molecule has 0 heterocycles. The molecule has 1 aromatic rings. The van der Waals surface area contributed by atoms with E-state index in [0.717, 1.165) is 4.47 Å². The summed E-state index contributed by atoms with van der Waals surface area (Å²) in [5.41, 5.74) is 0.595. The van der Waals surface area contributed by atoms with Gasteiger partial charge in [0.1, 0.15) is 0 Å². The number of aliphatic hydroxyl groups excluding tert-OH is 1. The molecule has 0 amide bonds. The van der Waals surface area contributed by atoms with Gasteiger partial charge in [0.2, 0.25) is 0 Å². The molecule has 1 nitrogen and oxygen atoms in total. The molecular formula is C10H9BrF2O. The molecule has 2 rings (SSSR count). The van der Waals surface area contributed by atoms with Crippen LogP contribution in [0.2, 0.25) is 0 Å². The van der Waals surface area contributed by atoms with E-state index < -0.39 is 24.4 Å². The largest absolute Gasteiger partial charge is 0.396 e. The van der Waals surface area contributed by atoms with Crippen LogP contribution in [0.5, 0.6) is 0 Å². The lowest BCUT2D eigenvalue weighted by molar-refractivity contribution is 0.0785. The van der Waals surface area contributed by atoms with Crippen molar-refractivity contribution in [3.05, 3.63) is 34.3 Å². The molecule has 1 fully saturated rings. The molecule has 76 valence electrons. The van der Waals surface area contributed by atoms with Crippen LogP contribution in [-0.4, -0.2) is 17.6 Å². The zero-order chi connectivity index (χ0) is 10.3. The molecule has 0 spiro atoms. The third-order valence-electron chi connectivity index (χ3n) is 2.63. The highest BCUT2D eigenvalue weighted by atomic mass is 79.9. The van der Waals surface area contributed by atoms with E-state index in [1.165, 1.54) is 0 Å². The van der Waals surface area contributed by atoms with Gasteiger partial charge in [-0.05, 0) is 17.7 Å². The minimum absolute atomic E-state index is 0.451. The second-order valence-electron chi connectivity index (χ2n) is 3.49. The first-order valence-electron chi connectivity index (χ1n) is 4.31. The second kappa shape index (κ2) is 3.28. The Hall–Kier alpha value is -0.480. The van der Waals surface area contributed by atoms with Crippen molar-refractivity contribution in [2.75, 3.05) is 6.61 Å². The van der Waals surface area contributed by atoms with Gasteiger partial charge in [-0.15, -0.1) is 0 Å². The van der Waals surface area contributed by atoms with E-state index in [4.69, 9.17) is 5.11 Å². The number of hydrogen-bond donors (Lipinski definition) is 1. The topological polar surface area (TPSA) is 20.2 Å². The Morgan fingerprint density at radius 3 is 2.29 bits per heavy atom. The molecule has 1 N–H and O–H groups in total. The monoisotopic (exact) mass is 262 g/mol. The third kappa shape index (κ3) is 1.46. The van der Waals surface area contributed by atoms with E-state index >= 15 is 0 Å². The molecule has 1 saturated carbocycles. The number of halogens is 3. The molecule has 1 aliphatic carbocycles. The highest BCUT2D eigenvalue weighted by molar-refractivity contribution is 9.10. The van der Waals surface area contributed by atoms with Crippen LogP contribution in [-0.2, 0) is 0 Å². The predicted octanol–water partition coefficient (Wildman–Crippen LogP) is 2.79. The predicted molar refractivity (Wildman–Crippen MR) is 52.4 cm³/mol. The van der Waals surface area contributed by atoms with Crippen LogP contribution in [0, 0.1) is 5.92 Å². The van der Waals surface area contributed by atoms with Gasteiger partial charge in [0.15, 0.2) is 0 Å². The van der Waals surface area contributed by atoms with E-state index in [2.05, 4.69) is 15.9 Å². The van der Waals surface area contributed by atoms with E-state index in [-0.39, 0.29) is 0 Å². The van der Waals surface area contributed by atoms with Crippen LogP contribution in [0.3, 0.4) is 0 Å². The summed E-state index contributed by atoms with van der Waals surface area (Å²) in [6.07, 6.45) is 0. The quantitative estimate of drug-likeness (QED) is 0.869. The normalized spacial score (nSPS) is 28.9. The summed E-state index contributed by atoms with van der Waals surface area (Å²) in [4.78, 5) is 0. The van der Waals surface area contributed by atoms with Crippen LogP contribution in [0.4, 0.5) is 8.78 Å². The van der Waals surface area contributed by atoms with Gasteiger partial charge in [-0.1, -0.05) is 28.1 Å². The van der Waals surface area contributed by atoms with Gasteiger partial charge in [0.05, 0.1) is 18.4 Å². The van der Waals surface area contributed by atoms with Crippen molar-refractivity contribution >= 4 is 15.9 Å². The van der Waals surface area contributed by atoms with Crippen molar-refractivity contribution in [3.63, 3.8) is 0 Å². The average Bonchev–Trinajstić information content (AvgIpc) is 2.69. The van der Waals surface area contributed by atoms with Gasteiger partial charge in [0, 0.05) is 4.47 Å². The molecule has 0 radical (unpaired) electrons. The maximum Gasteiger partial charge on any atom is 0.261 e. The van der Waals surface area contributed by atoms with Crippen molar-refractivity contribution in [2.45, 2.75) is 11.8 Å². The maximum atomic E-state index is 13.1. The van der Waals surface area contributed by atoms with E-state index in [1.807, 2.05) is 0 Å². The molecule has 4 heteroatoms. The first kappa shape index (κ1) is 10.1. The van der Waals surface area contributed by atoms with Crippen molar-refractivity contribution in [1.82, 2.24) is 0 Å². The molecule has 0 unspecified atom stereocenters. The lowest BCUT2D eigenvalue weighted by Crippen LogP contribution is -1.97. The number of hydrogen-bond acceptors (Lipinski definition) is 1. The Morgan fingerprint density at radius 2 is 1.86 bits per heavy atom. The number of alkyl halides is 2. The fraction of sp³-hybridized carbons (Fsp3) is 0.400. The number of benzene rings is 1. The van der Waals surface area contributed by atoms with Gasteiger partial charge in [0.25, 0.3) is 5.92 Å². The van der Waals surface area contributed by atoms with Gasteiger partial charge in [-0.25, -0.2) is 8.78 Å². The average molecular weight is 263 g/mol. The first-order chi connectivity index (χ1) is 6.57. The molecule has 0 bridgehead atoms. The molecule has 0 aromatic heterocycles. The SMILES string of the molecule is OC[C@H]1[C@H](c2ccc(Br)cc2)C1(F)F. The van der Waals surface area contributed by atoms with E-state index in [0.29, 0.717) is 5.56 Å². The summed E-state index contributed by atoms with van der Waals surface area (Å²) in [7, 11) is 0. The van der Waals surface area contributed by atoms with Gasteiger partial charge in [-0.3, -0.25) is 0 Å². The van der Waals surface area contributed by atoms with Crippen LogP contribution in [0.1, 0.15) is 11.5 Å². The van der Waals surface area contributed by atoms with Crippen molar-refractivity contribution < 1.29 is 13.9 Å². The molecular weight excluding hydrogens is 254 g/mol. The van der Waals surface area contributed by atoms with Crippen LogP contribution < -0.4 is 0 Å². The Morgan fingerprint density at radius 1 is 1.29 bits per heavy atom. The third-order valence-corrected chi connectivity index (χ3v) is 3.16. The molecule has 1 aliphatic rings. The van der Waals surface area contributed by atoms with E-state index in [9.17, 15) is 8.78 Å². The Kier molecular flexibility index (Phi) is 2.35. The minimum Gasteiger partial charge on any atom is -0.396 e. The van der Waals surface area contributed by atoms with Crippen molar-refractivity contribution in [1.29, 1.82) is 0 Å². The van der Waals surface area contributed by atoms with Gasteiger partial charge < -0.3 is 5.11 Å². The van der Waals surface area contributed by atoms with Crippen molar-refractivity contribution in [3.8, 4) is 0 Å². The Labute approximate surface area is 88.9 Å². The lowest BCUT2D eigenvalue weighted by atomic mass is 10.1. The maximum absolute atomic E-state index is 13.1. The summed E-state index contributed by atoms with van der Waals surface area (Å²) in [5.74, 6) is -4.44. The first-order valence-corrected chi connectivity index (χ1v) is 5.11. The highest BCUT2D eigenvalue weighted by Crippen LogP contribution is 2.61. The summed E-state index contributed by atoms with van der Waals surface area (Å²) in [6.45, 7) is -0.451. The Balaban J connectivity index is 2.22. The fourth-order valence-corrected chi connectivity index (χ4v) is 2.01.